The van der Waals surface area contributed by atoms with Gasteiger partial charge < -0.3 is 9.26 Å². The number of aromatic nitrogens is 2. The first-order valence-corrected chi connectivity index (χ1v) is 8.72. The summed E-state index contributed by atoms with van der Waals surface area (Å²) < 4.78 is 48.8. The third-order valence-electron chi connectivity index (χ3n) is 4.45. The Kier molecular flexibility index (Phi) is 5.93. The molecule has 1 atom stereocenters. The molecule has 2 heterocycles. The lowest BCUT2D eigenvalue weighted by atomic mass is 10.1. The average Bonchev–Trinajstić information content (AvgIpc) is 3.09. The van der Waals surface area contributed by atoms with E-state index in [9.17, 15) is 13.2 Å². The molecule has 3 rings (SSSR count). The zero-order chi connectivity index (χ0) is 18.6. The lowest BCUT2D eigenvalue weighted by molar-refractivity contribution is -0.137. The number of halogens is 3. The third kappa shape index (κ3) is 5.04. The van der Waals surface area contributed by atoms with E-state index < -0.39 is 11.7 Å². The first-order chi connectivity index (χ1) is 12.4. The molecule has 1 fully saturated rings. The van der Waals surface area contributed by atoms with E-state index in [1.54, 1.807) is 0 Å². The molecule has 0 aliphatic carbocycles. The minimum atomic E-state index is -4.36. The Hall–Kier alpha value is -1.93. The largest absolute Gasteiger partial charge is 0.416 e. The van der Waals surface area contributed by atoms with Gasteiger partial charge in [0.1, 0.15) is 0 Å². The van der Waals surface area contributed by atoms with Gasteiger partial charge in [0.25, 0.3) is 0 Å². The summed E-state index contributed by atoms with van der Waals surface area (Å²) in [4.78, 5) is 6.35. The van der Waals surface area contributed by atoms with E-state index >= 15 is 0 Å². The van der Waals surface area contributed by atoms with Gasteiger partial charge >= 0.3 is 6.18 Å². The molecule has 0 radical (unpaired) electrons. The van der Waals surface area contributed by atoms with Gasteiger partial charge in [0, 0.05) is 18.7 Å². The van der Waals surface area contributed by atoms with Gasteiger partial charge in [0.15, 0.2) is 0 Å². The lowest BCUT2D eigenvalue weighted by Gasteiger charge is -2.24. The topological polar surface area (TPSA) is 51.4 Å². The summed E-state index contributed by atoms with van der Waals surface area (Å²) in [5, 5.41) is 3.86. The first-order valence-electron chi connectivity index (χ1n) is 8.72. The van der Waals surface area contributed by atoms with Crippen molar-refractivity contribution in [1.29, 1.82) is 0 Å². The Labute approximate surface area is 150 Å². The second-order valence-corrected chi connectivity index (χ2v) is 6.60. The fourth-order valence-corrected chi connectivity index (χ4v) is 2.95. The van der Waals surface area contributed by atoms with Gasteiger partial charge in [-0.05, 0) is 44.9 Å². The van der Waals surface area contributed by atoms with E-state index in [1.165, 1.54) is 18.6 Å². The number of alkyl halides is 3. The zero-order valence-electron chi connectivity index (χ0n) is 14.6. The van der Waals surface area contributed by atoms with E-state index in [-0.39, 0.29) is 5.82 Å². The van der Waals surface area contributed by atoms with E-state index in [0.717, 1.165) is 44.5 Å². The summed E-state index contributed by atoms with van der Waals surface area (Å²) >= 11 is 0. The van der Waals surface area contributed by atoms with Crippen molar-refractivity contribution in [3.05, 3.63) is 35.7 Å². The molecular formula is C18H22F3N3O2. The number of hydrogen-bond donors (Lipinski definition) is 0. The van der Waals surface area contributed by atoms with Crippen LogP contribution >= 0.6 is 0 Å². The van der Waals surface area contributed by atoms with Crippen LogP contribution in [0.3, 0.4) is 0 Å². The van der Waals surface area contributed by atoms with Crippen LogP contribution in [0.15, 0.2) is 28.8 Å². The molecule has 0 unspecified atom stereocenters. The van der Waals surface area contributed by atoms with E-state index in [1.807, 2.05) is 7.05 Å². The number of hydrogen-bond acceptors (Lipinski definition) is 5. The fourth-order valence-electron chi connectivity index (χ4n) is 2.95. The maximum absolute atomic E-state index is 12.6. The van der Waals surface area contributed by atoms with Crippen LogP contribution in [0.25, 0.3) is 11.4 Å². The Morgan fingerprint density at radius 1 is 1.19 bits per heavy atom. The lowest BCUT2D eigenvalue weighted by Crippen LogP contribution is -2.26. The summed E-state index contributed by atoms with van der Waals surface area (Å²) in [7, 11) is 1.96. The molecule has 0 amide bonds. The Morgan fingerprint density at radius 2 is 1.96 bits per heavy atom. The third-order valence-corrected chi connectivity index (χ3v) is 4.45. The van der Waals surface area contributed by atoms with Gasteiger partial charge in [-0.1, -0.05) is 17.3 Å². The monoisotopic (exact) mass is 369 g/mol. The van der Waals surface area contributed by atoms with Gasteiger partial charge in [-0.25, -0.2) is 0 Å². The van der Waals surface area contributed by atoms with Crippen LogP contribution in [0.4, 0.5) is 13.2 Å². The highest BCUT2D eigenvalue weighted by atomic mass is 19.4. The number of nitrogens with zero attached hydrogens (tertiary/aromatic N) is 3. The van der Waals surface area contributed by atoms with Crippen molar-refractivity contribution in [3.8, 4) is 11.4 Å². The molecule has 142 valence electrons. The van der Waals surface area contributed by atoms with Crippen molar-refractivity contribution < 1.29 is 22.4 Å². The van der Waals surface area contributed by atoms with Gasteiger partial charge in [-0.15, -0.1) is 0 Å². The van der Waals surface area contributed by atoms with Crippen LogP contribution in [0.1, 0.15) is 37.1 Å². The average molecular weight is 369 g/mol. The molecule has 1 aromatic carbocycles. The molecule has 0 N–H and O–H groups in total. The standard InChI is InChI=1S/C18H22F3N3O2/c1-24(10-9-15-4-2-3-11-25-15)12-16-22-17(23-26-16)13-5-7-14(8-6-13)18(19,20)21/h5-8,15H,2-4,9-12H2,1H3/t15-/m1/s1. The second kappa shape index (κ2) is 8.18. The Balaban J connectivity index is 1.54. The molecule has 26 heavy (non-hydrogen) atoms. The van der Waals surface area contributed by atoms with Crippen molar-refractivity contribution in [2.75, 3.05) is 20.2 Å². The van der Waals surface area contributed by atoms with Crippen molar-refractivity contribution in [2.45, 2.75) is 44.5 Å². The summed E-state index contributed by atoms with van der Waals surface area (Å²) in [5.41, 5.74) is -0.208. The van der Waals surface area contributed by atoms with Gasteiger partial charge in [-0.3, -0.25) is 4.90 Å². The smallest absolute Gasteiger partial charge is 0.378 e. The van der Waals surface area contributed by atoms with Crippen LogP contribution in [0, 0.1) is 0 Å². The molecule has 1 aliphatic rings. The molecule has 2 aromatic rings. The Bertz CT molecular complexity index is 694. The van der Waals surface area contributed by atoms with E-state index in [0.29, 0.717) is 24.1 Å². The maximum atomic E-state index is 12.6. The fraction of sp³-hybridized carbons (Fsp3) is 0.556. The van der Waals surface area contributed by atoms with Crippen molar-refractivity contribution >= 4 is 0 Å². The molecule has 0 bridgehead atoms. The van der Waals surface area contributed by atoms with E-state index in [4.69, 9.17) is 9.26 Å². The molecule has 1 aromatic heterocycles. The summed E-state index contributed by atoms with van der Waals surface area (Å²) in [6.45, 7) is 2.18. The normalized spacial score (nSPS) is 18.4. The highest BCUT2D eigenvalue weighted by Gasteiger charge is 2.30. The molecule has 0 spiro atoms. The Morgan fingerprint density at radius 3 is 2.62 bits per heavy atom. The van der Waals surface area contributed by atoms with Crippen LogP contribution in [0.5, 0.6) is 0 Å². The summed E-state index contributed by atoms with van der Waals surface area (Å²) in [6, 6.07) is 4.73. The number of benzene rings is 1. The predicted molar refractivity (Wildman–Crippen MR) is 89.3 cm³/mol. The minimum absolute atomic E-state index is 0.290. The highest BCUT2D eigenvalue weighted by molar-refractivity contribution is 5.54. The number of ether oxygens (including phenoxy) is 1. The quantitative estimate of drug-likeness (QED) is 0.766. The second-order valence-electron chi connectivity index (χ2n) is 6.60. The first kappa shape index (κ1) is 18.8. The van der Waals surface area contributed by atoms with Gasteiger partial charge in [-0.2, -0.15) is 18.2 Å². The van der Waals surface area contributed by atoms with Crippen LogP contribution in [-0.2, 0) is 17.5 Å². The molecule has 1 saturated heterocycles. The van der Waals surface area contributed by atoms with Crippen LogP contribution in [-0.4, -0.2) is 41.3 Å². The summed E-state index contributed by atoms with van der Waals surface area (Å²) in [6.07, 6.45) is 0.376. The highest BCUT2D eigenvalue weighted by Crippen LogP contribution is 2.30. The maximum Gasteiger partial charge on any atom is 0.416 e. The zero-order valence-corrected chi connectivity index (χ0v) is 14.6. The van der Waals surface area contributed by atoms with Gasteiger partial charge in [0.05, 0.1) is 18.2 Å². The molecule has 8 heteroatoms. The molecular weight excluding hydrogens is 347 g/mol. The number of rotatable bonds is 6. The molecule has 0 saturated carbocycles. The minimum Gasteiger partial charge on any atom is -0.378 e. The van der Waals surface area contributed by atoms with Crippen molar-refractivity contribution in [1.82, 2.24) is 15.0 Å². The molecule has 5 nitrogen and oxygen atoms in total. The molecule has 1 aliphatic heterocycles. The SMILES string of the molecule is CN(CC[C@H]1CCCCO1)Cc1nc(-c2ccc(C(F)(F)F)cc2)no1. The van der Waals surface area contributed by atoms with Crippen molar-refractivity contribution in [3.63, 3.8) is 0 Å². The van der Waals surface area contributed by atoms with Crippen LogP contribution in [0.2, 0.25) is 0 Å². The van der Waals surface area contributed by atoms with Crippen LogP contribution < -0.4 is 0 Å². The summed E-state index contributed by atoms with van der Waals surface area (Å²) in [5.74, 6) is 0.727. The van der Waals surface area contributed by atoms with Crippen molar-refractivity contribution in [2.24, 2.45) is 0 Å². The van der Waals surface area contributed by atoms with E-state index in [2.05, 4.69) is 15.0 Å². The predicted octanol–water partition coefficient (Wildman–Crippen LogP) is 4.15. The van der Waals surface area contributed by atoms with Gasteiger partial charge in [0.2, 0.25) is 11.7 Å².